The van der Waals surface area contributed by atoms with Gasteiger partial charge in [-0.15, -0.1) is 0 Å². The van der Waals surface area contributed by atoms with Crippen LogP contribution in [0.25, 0.3) is 33.1 Å². The molecular weight excluding hydrogens is 428 g/mol. The molecule has 0 aliphatic carbocycles. The maximum absolute atomic E-state index is 11.8. The minimum atomic E-state index is -0.00575. The summed E-state index contributed by atoms with van der Waals surface area (Å²) in [4.78, 5) is 25.5. The summed E-state index contributed by atoms with van der Waals surface area (Å²) >= 11 is 0. The van der Waals surface area contributed by atoms with Crippen molar-refractivity contribution in [1.82, 2.24) is 24.8 Å². The zero-order chi connectivity index (χ0) is 24.1. The highest BCUT2D eigenvalue weighted by Gasteiger charge is 2.18. The lowest BCUT2D eigenvalue weighted by Gasteiger charge is -2.12. The summed E-state index contributed by atoms with van der Waals surface area (Å²) in [7, 11) is 0. The lowest BCUT2D eigenvalue weighted by Crippen LogP contribution is -2.28. The van der Waals surface area contributed by atoms with E-state index in [1.54, 1.807) is 6.20 Å². The molecule has 0 unspecified atom stereocenters. The number of nitrogens with two attached hydrogens (primary N) is 1. The van der Waals surface area contributed by atoms with Gasteiger partial charge in [-0.25, -0.2) is 9.97 Å². The Morgan fingerprint density at radius 2 is 2.03 bits per heavy atom. The molecule has 0 radical (unpaired) electrons. The van der Waals surface area contributed by atoms with E-state index < -0.39 is 0 Å². The van der Waals surface area contributed by atoms with Crippen LogP contribution in [0, 0.1) is 5.92 Å². The van der Waals surface area contributed by atoms with Gasteiger partial charge < -0.3 is 20.4 Å². The van der Waals surface area contributed by atoms with Crippen molar-refractivity contribution < 1.29 is 9.53 Å². The molecule has 8 nitrogen and oxygen atoms in total. The van der Waals surface area contributed by atoms with Crippen LogP contribution in [0.15, 0.2) is 42.7 Å². The van der Waals surface area contributed by atoms with Gasteiger partial charge in [0.2, 0.25) is 5.91 Å². The smallest absolute Gasteiger partial charge is 0.222 e. The minimum absolute atomic E-state index is 0.00575. The van der Waals surface area contributed by atoms with Gasteiger partial charge in [0.25, 0.3) is 0 Å². The Bertz CT molecular complexity index is 1280. The topological polar surface area (TPSA) is 108 Å². The molecule has 34 heavy (non-hydrogen) atoms. The molecule has 4 rings (SSSR count). The number of amides is 1. The van der Waals surface area contributed by atoms with Crippen LogP contribution in [0.5, 0.6) is 0 Å². The largest absolute Gasteiger partial charge is 0.382 e. The first kappa shape index (κ1) is 23.6. The van der Waals surface area contributed by atoms with Gasteiger partial charge in [-0.05, 0) is 37.5 Å². The third-order valence-corrected chi connectivity index (χ3v) is 5.85. The van der Waals surface area contributed by atoms with E-state index in [0.717, 1.165) is 52.8 Å². The van der Waals surface area contributed by atoms with E-state index in [1.165, 1.54) is 0 Å². The molecule has 1 amide bonds. The number of pyridine rings is 2. The van der Waals surface area contributed by atoms with E-state index in [1.807, 2.05) is 45.2 Å². The SMILES string of the molecule is CCOCc1nc2c(N)nc3cc(-c4cccnc4)ccc3c2n1CCCCNC(=O)C(C)C. The number of anilines is 1. The molecule has 0 saturated carbocycles. The minimum Gasteiger partial charge on any atom is -0.382 e. The van der Waals surface area contributed by atoms with Crippen molar-refractivity contribution in [3.05, 3.63) is 48.5 Å². The van der Waals surface area contributed by atoms with Gasteiger partial charge in [0, 0.05) is 49.0 Å². The first-order valence-electron chi connectivity index (χ1n) is 11.8. The Kier molecular flexibility index (Phi) is 7.37. The fraction of sp³-hybridized carbons (Fsp3) is 0.385. The predicted octanol–water partition coefficient (Wildman–Crippen LogP) is 4.32. The summed E-state index contributed by atoms with van der Waals surface area (Å²) in [6.07, 6.45) is 5.36. The molecule has 3 N–H and O–H groups in total. The number of benzene rings is 1. The molecule has 0 atom stereocenters. The summed E-state index contributed by atoms with van der Waals surface area (Å²) in [6, 6.07) is 10.2. The first-order valence-corrected chi connectivity index (χ1v) is 11.8. The molecule has 178 valence electrons. The van der Waals surface area contributed by atoms with E-state index >= 15 is 0 Å². The van der Waals surface area contributed by atoms with Crippen LogP contribution in [-0.4, -0.2) is 38.6 Å². The maximum Gasteiger partial charge on any atom is 0.222 e. The number of hydrogen-bond acceptors (Lipinski definition) is 6. The van der Waals surface area contributed by atoms with Crippen molar-refractivity contribution in [3.8, 4) is 11.1 Å². The predicted molar refractivity (Wildman–Crippen MR) is 135 cm³/mol. The number of aryl methyl sites for hydroxylation is 1. The monoisotopic (exact) mass is 460 g/mol. The van der Waals surface area contributed by atoms with Gasteiger partial charge in [-0.1, -0.05) is 32.0 Å². The second-order valence-electron chi connectivity index (χ2n) is 8.64. The third-order valence-electron chi connectivity index (χ3n) is 5.85. The van der Waals surface area contributed by atoms with Crippen LogP contribution < -0.4 is 11.1 Å². The highest BCUT2D eigenvalue weighted by molar-refractivity contribution is 6.07. The quantitative estimate of drug-likeness (QED) is 0.341. The van der Waals surface area contributed by atoms with Gasteiger partial charge in [-0.3, -0.25) is 9.78 Å². The lowest BCUT2D eigenvalue weighted by molar-refractivity contribution is -0.123. The summed E-state index contributed by atoms with van der Waals surface area (Å²) in [5, 5.41) is 3.99. The number of nitrogen functional groups attached to an aromatic ring is 1. The molecule has 0 spiro atoms. The van der Waals surface area contributed by atoms with E-state index in [2.05, 4.69) is 32.0 Å². The number of fused-ring (bicyclic) bond motifs is 3. The second kappa shape index (κ2) is 10.6. The molecule has 0 fully saturated rings. The number of rotatable bonds is 10. The Labute approximate surface area is 199 Å². The van der Waals surface area contributed by atoms with Crippen LogP contribution in [0.2, 0.25) is 0 Å². The number of unbranched alkanes of at least 4 members (excludes halogenated alkanes) is 1. The molecule has 4 aromatic rings. The number of ether oxygens (including phenoxy) is 1. The molecule has 0 saturated heterocycles. The standard InChI is InChI=1S/C26H32N6O2/c1-4-34-16-22-31-23-24(32(22)13-6-5-12-29-26(33)17(2)3)20-10-9-18(14-21(20)30-25(23)27)19-8-7-11-28-15-19/h7-11,14-15,17H,4-6,12-13,16H2,1-3H3,(H2,27,30)(H,29,33). The second-order valence-corrected chi connectivity index (χ2v) is 8.64. The first-order chi connectivity index (χ1) is 16.5. The van der Waals surface area contributed by atoms with Crippen molar-refractivity contribution in [2.45, 2.75) is 46.8 Å². The van der Waals surface area contributed by atoms with Crippen LogP contribution >= 0.6 is 0 Å². The van der Waals surface area contributed by atoms with Crippen molar-refractivity contribution >= 4 is 33.7 Å². The number of carbonyl (C=O) groups is 1. The highest BCUT2D eigenvalue weighted by Crippen LogP contribution is 2.32. The van der Waals surface area contributed by atoms with Gasteiger partial charge in [-0.2, -0.15) is 0 Å². The van der Waals surface area contributed by atoms with Gasteiger partial charge in [0.15, 0.2) is 5.82 Å². The Morgan fingerprint density at radius 1 is 1.18 bits per heavy atom. The third kappa shape index (κ3) is 5.02. The summed E-state index contributed by atoms with van der Waals surface area (Å²) in [5.74, 6) is 1.32. The molecule has 8 heteroatoms. The Balaban J connectivity index is 1.68. The average Bonchev–Trinajstić information content (AvgIpc) is 3.21. The number of aromatic nitrogens is 4. The molecule has 1 aromatic carbocycles. The van der Waals surface area contributed by atoms with Gasteiger partial charge >= 0.3 is 0 Å². The van der Waals surface area contributed by atoms with E-state index in [-0.39, 0.29) is 11.8 Å². The van der Waals surface area contributed by atoms with Gasteiger partial charge in [0.05, 0.1) is 11.0 Å². The highest BCUT2D eigenvalue weighted by atomic mass is 16.5. The van der Waals surface area contributed by atoms with Gasteiger partial charge in [0.1, 0.15) is 17.9 Å². The molecule has 3 heterocycles. The van der Waals surface area contributed by atoms with Crippen LogP contribution in [0.3, 0.4) is 0 Å². The molecular formula is C26H32N6O2. The van der Waals surface area contributed by atoms with Crippen LogP contribution in [0.4, 0.5) is 5.82 Å². The van der Waals surface area contributed by atoms with Crippen molar-refractivity contribution in [3.63, 3.8) is 0 Å². The van der Waals surface area contributed by atoms with E-state index in [0.29, 0.717) is 31.1 Å². The fourth-order valence-corrected chi connectivity index (χ4v) is 4.03. The summed E-state index contributed by atoms with van der Waals surface area (Å²) < 4.78 is 7.89. The zero-order valence-corrected chi connectivity index (χ0v) is 20.0. The molecule has 0 aliphatic rings. The number of imidazole rings is 1. The van der Waals surface area contributed by atoms with E-state index in [4.69, 9.17) is 15.5 Å². The number of nitrogens with zero attached hydrogens (tertiary/aromatic N) is 4. The molecule has 3 aromatic heterocycles. The fourth-order valence-electron chi connectivity index (χ4n) is 4.03. The lowest BCUT2D eigenvalue weighted by atomic mass is 10.0. The number of carbonyl (C=O) groups excluding carboxylic acids is 1. The Morgan fingerprint density at radius 3 is 2.76 bits per heavy atom. The Hall–Kier alpha value is -3.52. The number of nitrogens with one attached hydrogen (secondary N) is 1. The van der Waals surface area contributed by atoms with Crippen LogP contribution in [-0.2, 0) is 22.7 Å². The summed E-state index contributed by atoms with van der Waals surface area (Å²) in [5.41, 5.74) is 10.9. The number of hydrogen-bond donors (Lipinski definition) is 2. The molecule has 0 aliphatic heterocycles. The molecule has 0 bridgehead atoms. The zero-order valence-electron chi connectivity index (χ0n) is 20.0. The average molecular weight is 461 g/mol. The summed E-state index contributed by atoms with van der Waals surface area (Å²) in [6.45, 7) is 8.18. The van der Waals surface area contributed by atoms with Crippen molar-refractivity contribution in [1.29, 1.82) is 0 Å². The van der Waals surface area contributed by atoms with Crippen molar-refractivity contribution in [2.75, 3.05) is 18.9 Å². The van der Waals surface area contributed by atoms with Crippen LogP contribution in [0.1, 0.15) is 39.4 Å². The van der Waals surface area contributed by atoms with Crippen molar-refractivity contribution in [2.24, 2.45) is 5.92 Å². The normalized spacial score (nSPS) is 11.5. The maximum atomic E-state index is 11.8. The van der Waals surface area contributed by atoms with E-state index in [9.17, 15) is 4.79 Å².